The second-order valence-corrected chi connectivity index (χ2v) is 5.13. The van der Waals surface area contributed by atoms with E-state index in [-0.39, 0.29) is 5.88 Å². The molecular weight excluding hydrogens is 260 g/mol. The molecular formula is C13H8N4OS. The van der Waals surface area contributed by atoms with Crippen LogP contribution in [-0.2, 0) is 0 Å². The minimum atomic E-state index is -0.120. The fourth-order valence-electron chi connectivity index (χ4n) is 2.13. The predicted molar refractivity (Wildman–Crippen MR) is 74.2 cm³/mol. The highest BCUT2D eigenvalue weighted by molar-refractivity contribution is 7.13. The molecule has 19 heavy (non-hydrogen) atoms. The largest absolute Gasteiger partial charge is 0.491 e. The van der Waals surface area contributed by atoms with Crippen LogP contribution < -0.4 is 0 Å². The summed E-state index contributed by atoms with van der Waals surface area (Å²) < 4.78 is 0. The molecule has 0 amide bonds. The summed E-state index contributed by atoms with van der Waals surface area (Å²) in [6.07, 6.45) is 0. The number of aromatic hydroxyl groups is 1. The summed E-state index contributed by atoms with van der Waals surface area (Å²) in [5.41, 5.74) is 3.00. The molecule has 0 atom stereocenters. The van der Waals surface area contributed by atoms with E-state index in [0.717, 1.165) is 16.5 Å². The maximum absolute atomic E-state index is 9.58. The van der Waals surface area contributed by atoms with E-state index in [0.29, 0.717) is 11.0 Å². The van der Waals surface area contributed by atoms with Gasteiger partial charge in [-0.2, -0.15) is 0 Å². The first kappa shape index (κ1) is 10.5. The van der Waals surface area contributed by atoms with Gasteiger partial charge in [0, 0.05) is 10.3 Å². The Morgan fingerprint density at radius 3 is 2.95 bits per heavy atom. The third kappa shape index (κ3) is 1.50. The predicted octanol–water partition coefficient (Wildman–Crippen LogP) is 2.94. The molecule has 92 valence electrons. The maximum atomic E-state index is 9.58. The Bertz CT molecular complexity index is 882. The van der Waals surface area contributed by atoms with E-state index in [4.69, 9.17) is 0 Å². The van der Waals surface area contributed by atoms with Gasteiger partial charge in [-0.15, -0.1) is 26.6 Å². The molecule has 0 unspecified atom stereocenters. The topological polar surface area (TPSA) is 74.7 Å². The Hall–Kier alpha value is -2.47. The lowest BCUT2D eigenvalue weighted by Crippen LogP contribution is -1.86. The SMILES string of the molecule is Oc1n[nH]c2c1nnc1ccc(-c3cccs3)cc12. The molecule has 0 radical (unpaired) electrons. The fourth-order valence-corrected chi connectivity index (χ4v) is 2.86. The van der Waals surface area contributed by atoms with Gasteiger partial charge in [-0.1, -0.05) is 12.1 Å². The molecule has 3 heterocycles. The monoisotopic (exact) mass is 268 g/mol. The minimum absolute atomic E-state index is 0.120. The average Bonchev–Trinajstić information content (AvgIpc) is 3.08. The van der Waals surface area contributed by atoms with Crippen molar-refractivity contribution in [2.24, 2.45) is 0 Å². The molecule has 1 aromatic carbocycles. The number of thiophene rings is 1. The molecule has 4 rings (SSSR count). The average molecular weight is 268 g/mol. The summed E-state index contributed by atoms with van der Waals surface area (Å²) in [5, 5.41) is 27.2. The smallest absolute Gasteiger partial charge is 0.258 e. The van der Waals surface area contributed by atoms with Crippen LogP contribution in [0.3, 0.4) is 0 Å². The van der Waals surface area contributed by atoms with Gasteiger partial charge in [0.15, 0.2) is 5.52 Å². The molecule has 3 aromatic heterocycles. The number of benzene rings is 1. The van der Waals surface area contributed by atoms with Crippen LogP contribution in [0.1, 0.15) is 0 Å². The van der Waals surface area contributed by atoms with E-state index in [1.807, 2.05) is 29.6 Å². The maximum Gasteiger partial charge on any atom is 0.258 e. The number of hydrogen-bond acceptors (Lipinski definition) is 5. The van der Waals surface area contributed by atoms with Crippen LogP contribution >= 0.6 is 11.3 Å². The van der Waals surface area contributed by atoms with Crippen molar-refractivity contribution in [2.75, 3.05) is 0 Å². The quantitative estimate of drug-likeness (QED) is 0.556. The summed E-state index contributed by atoms with van der Waals surface area (Å²) in [6, 6.07) is 10.1. The summed E-state index contributed by atoms with van der Waals surface area (Å²) in [7, 11) is 0. The molecule has 0 bridgehead atoms. The second-order valence-electron chi connectivity index (χ2n) is 4.18. The number of hydrogen-bond donors (Lipinski definition) is 2. The normalized spacial score (nSPS) is 11.4. The van der Waals surface area contributed by atoms with Crippen molar-refractivity contribution < 1.29 is 5.11 Å². The third-order valence-electron chi connectivity index (χ3n) is 3.05. The Labute approximate surface area is 111 Å². The standard InChI is InChI=1S/C13H8N4OS/c18-13-12-11(15-17-13)8-6-7(10-2-1-5-19-10)3-4-9(8)14-16-12/h1-6H,(H2,15,17,18). The molecule has 0 aliphatic rings. The van der Waals surface area contributed by atoms with Crippen LogP contribution in [0.25, 0.3) is 32.4 Å². The van der Waals surface area contributed by atoms with Crippen molar-refractivity contribution in [2.45, 2.75) is 0 Å². The van der Waals surface area contributed by atoms with Crippen LogP contribution in [0, 0.1) is 0 Å². The van der Waals surface area contributed by atoms with Gasteiger partial charge in [-0.3, -0.25) is 5.10 Å². The lowest BCUT2D eigenvalue weighted by atomic mass is 10.1. The molecule has 0 fully saturated rings. The number of aromatic nitrogens is 4. The van der Waals surface area contributed by atoms with Crippen LogP contribution in [0.4, 0.5) is 0 Å². The van der Waals surface area contributed by atoms with Gasteiger partial charge in [-0.05, 0) is 29.1 Å². The van der Waals surface area contributed by atoms with Gasteiger partial charge in [0.2, 0.25) is 0 Å². The fraction of sp³-hybridized carbons (Fsp3) is 0. The zero-order chi connectivity index (χ0) is 12.8. The summed E-state index contributed by atoms with van der Waals surface area (Å²) in [6.45, 7) is 0. The number of fused-ring (bicyclic) bond motifs is 3. The van der Waals surface area contributed by atoms with Crippen LogP contribution in [0.15, 0.2) is 35.7 Å². The lowest BCUT2D eigenvalue weighted by molar-refractivity contribution is 0.456. The Kier molecular flexibility index (Phi) is 2.07. The number of rotatable bonds is 1. The van der Waals surface area contributed by atoms with E-state index in [1.165, 1.54) is 4.88 Å². The highest BCUT2D eigenvalue weighted by Gasteiger charge is 2.11. The first-order valence-electron chi connectivity index (χ1n) is 5.70. The van der Waals surface area contributed by atoms with E-state index < -0.39 is 0 Å². The number of nitrogens with one attached hydrogen (secondary N) is 1. The van der Waals surface area contributed by atoms with Crippen LogP contribution in [-0.4, -0.2) is 25.5 Å². The van der Waals surface area contributed by atoms with Gasteiger partial charge >= 0.3 is 0 Å². The van der Waals surface area contributed by atoms with Gasteiger partial charge < -0.3 is 5.11 Å². The second kappa shape index (κ2) is 3.76. The van der Waals surface area contributed by atoms with Crippen LogP contribution in [0.2, 0.25) is 0 Å². The minimum Gasteiger partial charge on any atom is -0.491 e. The molecule has 4 aromatic rings. The number of aromatic amines is 1. The summed E-state index contributed by atoms with van der Waals surface area (Å²) >= 11 is 1.68. The van der Waals surface area contributed by atoms with Crippen molar-refractivity contribution in [3.63, 3.8) is 0 Å². The Balaban J connectivity index is 2.08. The summed E-state index contributed by atoms with van der Waals surface area (Å²) in [4.78, 5) is 1.19. The first-order valence-corrected chi connectivity index (χ1v) is 6.58. The molecule has 0 aliphatic heterocycles. The van der Waals surface area contributed by atoms with E-state index in [9.17, 15) is 5.11 Å². The highest BCUT2D eigenvalue weighted by Crippen LogP contribution is 2.31. The number of H-pyrrole nitrogens is 1. The van der Waals surface area contributed by atoms with Crippen molar-refractivity contribution in [3.8, 4) is 16.3 Å². The zero-order valence-electron chi connectivity index (χ0n) is 9.66. The third-order valence-corrected chi connectivity index (χ3v) is 3.97. The van der Waals surface area contributed by atoms with Crippen molar-refractivity contribution in [1.29, 1.82) is 0 Å². The highest BCUT2D eigenvalue weighted by atomic mass is 32.1. The van der Waals surface area contributed by atoms with Gasteiger partial charge in [0.05, 0.1) is 11.0 Å². The first-order chi connectivity index (χ1) is 9.33. The molecule has 5 nitrogen and oxygen atoms in total. The molecule has 0 saturated carbocycles. The van der Waals surface area contributed by atoms with E-state index in [1.54, 1.807) is 11.3 Å². The number of nitrogens with zero attached hydrogens (tertiary/aromatic N) is 3. The van der Waals surface area contributed by atoms with E-state index in [2.05, 4.69) is 26.5 Å². The van der Waals surface area contributed by atoms with Crippen molar-refractivity contribution in [3.05, 3.63) is 35.7 Å². The van der Waals surface area contributed by atoms with Crippen molar-refractivity contribution in [1.82, 2.24) is 20.4 Å². The van der Waals surface area contributed by atoms with Gasteiger partial charge in [0.25, 0.3) is 5.88 Å². The van der Waals surface area contributed by atoms with Gasteiger partial charge in [0.1, 0.15) is 0 Å². The zero-order valence-corrected chi connectivity index (χ0v) is 10.5. The summed E-state index contributed by atoms with van der Waals surface area (Å²) in [5.74, 6) is -0.120. The van der Waals surface area contributed by atoms with E-state index >= 15 is 0 Å². The van der Waals surface area contributed by atoms with Crippen molar-refractivity contribution >= 4 is 33.3 Å². The molecule has 6 heteroatoms. The Morgan fingerprint density at radius 1 is 1.16 bits per heavy atom. The van der Waals surface area contributed by atoms with Crippen LogP contribution in [0.5, 0.6) is 5.88 Å². The lowest BCUT2D eigenvalue weighted by Gasteiger charge is -2.01. The molecule has 0 aliphatic carbocycles. The van der Waals surface area contributed by atoms with Gasteiger partial charge in [-0.25, -0.2) is 0 Å². The molecule has 0 spiro atoms. The molecule has 2 N–H and O–H groups in total. The Morgan fingerprint density at radius 2 is 2.11 bits per heavy atom. The molecule has 0 saturated heterocycles.